The van der Waals surface area contributed by atoms with E-state index in [1.807, 2.05) is 11.7 Å². The van der Waals surface area contributed by atoms with Crippen LogP contribution in [0.15, 0.2) is 47.4 Å². The average molecular weight is 839 g/mol. The summed E-state index contributed by atoms with van der Waals surface area (Å²) in [6.07, 6.45) is 7.34. The van der Waals surface area contributed by atoms with Crippen molar-refractivity contribution < 1.29 is 27.5 Å². The number of hydrogen-bond donors (Lipinski definition) is 3. The van der Waals surface area contributed by atoms with Crippen molar-refractivity contribution in [3.63, 3.8) is 0 Å². The van der Waals surface area contributed by atoms with Crippen molar-refractivity contribution in [1.29, 1.82) is 0 Å². The summed E-state index contributed by atoms with van der Waals surface area (Å²) in [4.78, 5) is 51.1. The van der Waals surface area contributed by atoms with Gasteiger partial charge >= 0.3 is 5.92 Å². The van der Waals surface area contributed by atoms with Gasteiger partial charge in [-0.1, -0.05) is 12.1 Å². The van der Waals surface area contributed by atoms with E-state index in [0.717, 1.165) is 75.0 Å². The third kappa shape index (κ3) is 7.44. The topological polar surface area (TPSA) is 152 Å². The van der Waals surface area contributed by atoms with Crippen LogP contribution < -0.4 is 31.1 Å². The fourth-order valence-electron chi connectivity index (χ4n) is 9.92. The molecule has 4 aliphatic heterocycles. The number of ether oxygens (including phenoxy) is 1. The summed E-state index contributed by atoms with van der Waals surface area (Å²) in [5.74, 6) is -3.70. The predicted octanol–water partition coefficient (Wildman–Crippen LogP) is 5.93. The Balaban J connectivity index is 0.763. The smallest absolute Gasteiger partial charge is 0.301 e. The van der Waals surface area contributed by atoms with Crippen LogP contribution in [0.2, 0.25) is 0 Å². The molecule has 1 aliphatic carbocycles. The molecule has 3 aromatic heterocycles. The highest BCUT2D eigenvalue weighted by Crippen LogP contribution is 2.46. The Bertz CT molecular complexity index is 2610. The number of halogens is 3. The number of pyridine rings is 1. The minimum Gasteiger partial charge on any atom is -0.480 e. The highest BCUT2D eigenvalue weighted by molar-refractivity contribution is 6.02. The lowest BCUT2D eigenvalue weighted by Gasteiger charge is -2.38. The van der Waals surface area contributed by atoms with Crippen LogP contribution in [0.5, 0.6) is 5.75 Å². The van der Waals surface area contributed by atoms with Gasteiger partial charge in [0.05, 0.1) is 40.6 Å². The van der Waals surface area contributed by atoms with E-state index in [9.17, 15) is 14.4 Å². The fourth-order valence-corrected chi connectivity index (χ4v) is 9.92. The first-order valence-electron chi connectivity index (χ1n) is 21.4. The second kappa shape index (κ2) is 15.3. The number of nitrogens with one attached hydrogen (secondary N) is 3. The Morgan fingerprint density at radius 2 is 1.70 bits per heavy atom. The summed E-state index contributed by atoms with van der Waals surface area (Å²) in [5.41, 5.74) is 3.72. The first-order chi connectivity index (χ1) is 29.4. The molecule has 10 rings (SSSR count). The quantitative estimate of drug-likeness (QED) is 0.160. The van der Waals surface area contributed by atoms with Gasteiger partial charge in [-0.05, 0) is 106 Å². The molecular weight excluding hydrogens is 790 g/mol. The summed E-state index contributed by atoms with van der Waals surface area (Å²) in [6.45, 7) is 3.64. The highest BCUT2D eigenvalue weighted by atomic mass is 19.3. The van der Waals surface area contributed by atoms with Gasteiger partial charge in [-0.2, -0.15) is 10.1 Å². The van der Waals surface area contributed by atoms with Crippen molar-refractivity contribution >= 4 is 56.8 Å². The first-order valence-corrected chi connectivity index (χ1v) is 21.4. The molecule has 2 aromatic carbocycles. The molecule has 17 heteroatoms. The molecular formula is C44H49F3N10O4. The van der Waals surface area contributed by atoms with Crippen LogP contribution in [-0.4, -0.2) is 92.3 Å². The number of aromatic nitrogens is 5. The second-order valence-electron chi connectivity index (χ2n) is 17.6. The molecule has 7 heterocycles. The fraction of sp³-hybridized carbons (Fsp3) is 0.500. The molecule has 1 saturated carbocycles. The van der Waals surface area contributed by atoms with Crippen molar-refractivity contribution in [3.8, 4) is 5.75 Å². The van der Waals surface area contributed by atoms with Crippen LogP contribution in [0.1, 0.15) is 74.5 Å². The van der Waals surface area contributed by atoms with Crippen molar-refractivity contribution in [3.05, 3.63) is 70.0 Å². The molecule has 320 valence electrons. The Hall–Kier alpha value is -5.71. The number of fused-ring (bicyclic) bond motifs is 4. The number of benzene rings is 2. The van der Waals surface area contributed by atoms with E-state index in [-0.39, 0.29) is 35.0 Å². The summed E-state index contributed by atoms with van der Waals surface area (Å²) in [5, 5.41) is 14.7. The summed E-state index contributed by atoms with van der Waals surface area (Å²) < 4.78 is 54.2. The number of piperidine rings is 3. The molecule has 5 aromatic rings. The number of hydrogen-bond acceptors (Lipinski definition) is 11. The minimum absolute atomic E-state index is 0.00542. The predicted molar refractivity (Wildman–Crippen MR) is 224 cm³/mol. The number of carbonyl (C=O) groups is 2. The maximum atomic E-state index is 15.3. The van der Waals surface area contributed by atoms with Gasteiger partial charge in [0.1, 0.15) is 0 Å². The zero-order valence-corrected chi connectivity index (χ0v) is 34.2. The third-order valence-corrected chi connectivity index (χ3v) is 13.6. The summed E-state index contributed by atoms with van der Waals surface area (Å²) in [6, 6.07) is 10.4. The molecule has 3 saturated heterocycles. The second-order valence-corrected chi connectivity index (χ2v) is 17.6. The van der Waals surface area contributed by atoms with E-state index in [2.05, 4.69) is 53.9 Å². The molecule has 0 spiro atoms. The molecule has 2 atom stereocenters. The Morgan fingerprint density at radius 1 is 0.918 bits per heavy atom. The lowest BCUT2D eigenvalue weighted by Crippen LogP contribution is -2.44. The van der Waals surface area contributed by atoms with Crippen molar-refractivity contribution in [2.45, 2.75) is 75.2 Å². The van der Waals surface area contributed by atoms with Gasteiger partial charge in [-0.15, -0.1) is 0 Å². The average Bonchev–Trinajstić information content (AvgIpc) is 4.06. The molecule has 0 radical (unpaired) electrons. The molecule has 14 nitrogen and oxygen atoms in total. The van der Waals surface area contributed by atoms with E-state index >= 15 is 13.2 Å². The number of alkyl halides is 2. The molecule has 2 unspecified atom stereocenters. The Morgan fingerprint density at radius 3 is 2.46 bits per heavy atom. The van der Waals surface area contributed by atoms with E-state index < -0.39 is 35.9 Å². The van der Waals surface area contributed by atoms with Crippen LogP contribution in [0, 0.1) is 17.7 Å². The number of likely N-dealkylation sites (tertiary alicyclic amines) is 1. The first kappa shape index (κ1) is 39.4. The molecule has 61 heavy (non-hydrogen) atoms. The van der Waals surface area contributed by atoms with E-state index in [4.69, 9.17) is 9.84 Å². The van der Waals surface area contributed by atoms with E-state index in [0.29, 0.717) is 60.1 Å². The lowest BCUT2D eigenvalue weighted by atomic mass is 9.87. The molecule has 0 bridgehead atoms. The van der Waals surface area contributed by atoms with E-state index in [1.54, 1.807) is 25.2 Å². The Labute approximate surface area is 349 Å². The number of nitrogens with zero attached hydrogens (tertiary/aromatic N) is 7. The third-order valence-electron chi connectivity index (χ3n) is 13.6. The largest absolute Gasteiger partial charge is 0.480 e. The van der Waals surface area contributed by atoms with E-state index in [1.165, 1.54) is 16.3 Å². The van der Waals surface area contributed by atoms with Crippen LogP contribution >= 0.6 is 0 Å². The van der Waals surface area contributed by atoms with Crippen molar-refractivity contribution in [2.24, 2.45) is 25.9 Å². The lowest BCUT2D eigenvalue weighted by molar-refractivity contribution is -0.134. The maximum Gasteiger partial charge on any atom is 0.301 e. The highest BCUT2D eigenvalue weighted by Gasteiger charge is 2.51. The number of carbonyl (C=O) groups excluding carboxylic acids is 2. The number of rotatable bonds is 8. The van der Waals surface area contributed by atoms with Gasteiger partial charge in [-0.3, -0.25) is 24.4 Å². The number of anilines is 4. The van der Waals surface area contributed by atoms with Gasteiger partial charge in [0.25, 0.3) is 5.56 Å². The normalized spacial score (nSPS) is 22.7. The maximum absolute atomic E-state index is 15.3. The monoisotopic (exact) mass is 838 g/mol. The zero-order chi connectivity index (χ0) is 42.2. The van der Waals surface area contributed by atoms with Gasteiger partial charge in [-0.25, -0.2) is 18.2 Å². The SMILES string of the molecule is Cn1nc(C2CCC(=O)NC2=O)c2ccc(C3CCN(CC4CCN(c5ncc(F)c(Nc6ccc7c(c6)c6c(c(=O)n7C)OCC(F)(F)C(C7CC7)N6)n5)CC4)CC3)cc21. The molecule has 4 fully saturated rings. The van der Waals surface area contributed by atoms with Crippen LogP contribution in [0.3, 0.4) is 0 Å². The summed E-state index contributed by atoms with van der Waals surface area (Å²) in [7, 11) is 3.48. The van der Waals surface area contributed by atoms with Crippen molar-refractivity contribution in [1.82, 2.24) is 34.5 Å². The van der Waals surface area contributed by atoms with Gasteiger partial charge in [0.15, 0.2) is 18.2 Å². The zero-order valence-electron chi connectivity index (χ0n) is 34.2. The minimum atomic E-state index is -3.16. The van der Waals surface area contributed by atoms with Crippen LogP contribution in [0.4, 0.5) is 36.3 Å². The van der Waals surface area contributed by atoms with Gasteiger partial charge in [0.2, 0.25) is 23.5 Å². The van der Waals surface area contributed by atoms with Gasteiger partial charge in [0, 0.05) is 56.6 Å². The standard InChI is InChI=1S/C44H49F3N10O4/c1-54-33-9-6-28(20-31(33)37-38(42(54)60)61-23-44(46,47)39(51-37)26-3-4-26)49-40-32(45)21-48-43(52-40)57-17-11-24(12-18-57)22-56-15-13-25(14-16-56)27-5-7-29-34(19-27)55(2)53-36(29)30-8-10-35(58)50-41(30)59/h5-7,9,19-21,24-26,30,39,51H,3-4,8,10-18,22-23H2,1-2H3,(H,48,49,52)(H,50,58,59). The molecule has 3 N–H and O–H groups in total. The Kier molecular flexibility index (Phi) is 9.91. The number of amides is 2. The molecule has 2 amide bonds. The van der Waals surface area contributed by atoms with Crippen molar-refractivity contribution in [2.75, 3.05) is 54.9 Å². The summed E-state index contributed by atoms with van der Waals surface area (Å²) >= 11 is 0. The number of aryl methyl sites for hydroxylation is 2. The van der Waals surface area contributed by atoms with Gasteiger partial charge < -0.3 is 29.7 Å². The molecule has 5 aliphatic rings. The van der Waals surface area contributed by atoms with Crippen LogP contribution in [-0.2, 0) is 23.7 Å². The van der Waals surface area contributed by atoms with Crippen LogP contribution in [0.25, 0.3) is 21.8 Å². The number of imide groups is 1.